The van der Waals surface area contributed by atoms with Gasteiger partial charge in [0.25, 0.3) is 5.91 Å². The maximum atomic E-state index is 13.2. The van der Waals surface area contributed by atoms with Crippen molar-refractivity contribution in [1.82, 2.24) is 4.98 Å². The van der Waals surface area contributed by atoms with Crippen molar-refractivity contribution in [2.24, 2.45) is 5.10 Å². The summed E-state index contributed by atoms with van der Waals surface area (Å²) >= 11 is 1.24. The van der Waals surface area contributed by atoms with Crippen LogP contribution in [-0.2, 0) is 0 Å². The minimum Gasteiger partial charge on any atom is -0.497 e. The highest BCUT2D eigenvalue weighted by Gasteiger charge is 2.16. The number of halogens is 1. The first-order valence-electron chi connectivity index (χ1n) is 10.2. The van der Waals surface area contributed by atoms with Crippen molar-refractivity contribution in [3.05, 3.63) is 89.7 Å². The van der Waals surface area contributed by atoms with Crippen LogP contribution >= 0.6 is 11.3 Å². The first-order valence-corrected chi connectivity index (χ1v) is 11.0. The van der Waals surface area contributed by atoms with E-state index >= 15 is 0 Å². The van der Waals surface area contributed by atoms with E-state index in [2.05, 4.69) is 20.8 Å². The van der Waals surface area contributed by atoms with E-state index in [1.165, 1.54) is 35.6 Å². The zero-order valence-corrected chi connectivity index (χ0v) is 19.2. The third kappa shape index (κ3) is 5.38. The van der Waals surface area contributed by atoms with E-state index in [9.17, 15) is 9.18 Å². The van der Waals surface area contributed by atoms with Gasteiger partial charge in [-0.15, -0.1) is 0 Å². The highest BCUT2D eigenvalue weighted by molar-refractivity contribution is 7.20. The Kier molecular flexibility index (Phi) is 7.14. The van der Waals surface area contributed by atoms with Crippen LogP contribution in [0.5, 0.6) is 11.5 Å². The van der Waals surface area contributed by atoms with Crippen LogP contribution < -0.4 is 20.2 Å². The number of nitrogens with zero attached hydrogens (tertiary/aromatic N) is 2. The number of amides is 1. The lowest BCUT2D eigenvalue weighted by Gasteiger charge is -2.06. The highest BCUT2D eigenvalue weighted by atomic mass is 32.1. The summed E-state index contributed by atoms with van der Waals surface area (Å²) in [6.07, 6.45) is 1.61. The molecule has 1 aromatic heterocycles. The van der Waals surface area contributed by atoms with Gasteiger partial charge < -0.3 is 14.8 Å². The summed E-state index contributed by atoms with van der Waals surface area (Å²) in [5.74, 6) is 0.521. The Bertz CT molecular complexity index is 1310. The number of carbonyl (C=O) groups excluding carboxylic acids is 1. The molecule has 0 aliphatic rings. The average Bonchev–Trinajstić information content (AvgIpc) is 3.27. The molecule has 4 rings (SSSR count). The molecule has 0 spiro atoms. The molecule has 3 aromatic carbocycles. The van der Waals surface area contributed by atoms with Gasteiger partial charge in [-0.25, -0.2) is 9.37 Å². The van der Waals surface area contributed by atoms with Crippen molar-refractivity contribution in [2.45, 2.75) is 0 Å². The first kappa shape index (κ1) is 22.9. The second-order valence-electron chi connectivity index (χ2n) is 7.00. The number of rotatable bonds is 8. The number of ether oxygens (including phenoxy) is 2. The number of hydrogen-bond donors (Lipinski definition) is 2. The monoisotopic (exact) mass is 476 g/mol. The van der Waals surface area contributed by atoms with Crippen LogP contribution in [0.1, 0.15) is 15.9 Å². The Hall–Kier alpha value is -4.24. The Labute approximate surface area is 199 Å². The van der Waals surface area contributed by atoms with Gasteiger partial charge in [-0.05, 0) is 36.4 Å². The fourth-order valence-electron chi connectivity index (χ4n) is 3.10. The minimum absolute atomic E-state index is 0.341. The molecule has 0 fully saturated rings. The van der Waals surface area contributed by atoms with Crippen LogP contribution in [0.3, 0.4) is 0 Å². The number of nitrogens with one attached hydrogen (secondary N) is 2. The predicted molar refractivity (Wildman–Crippen MR) is 133 cm³/mol. The quantitative estimate of drug-likeness (QED) is 0.253. The van der Waals surface area contributed by atoms with Crippen molar-refractivity contribution >= 4 is 33.6 Å². The van der Waals surface area contributed by atoms with Crippen molar-refractivity contribution < 1.29 is 18.7 Å². The largest absolute Gasteiger partial charge is 0.497 e. The van der Waals surface area contributed by atoms with Gasteiger partial charge in [0.15, 0.2) is 0 Å². The third-order valence-corrected chi connectivity index (χ3v) is 5.69. The fourth-order valence-corrected chi connectivity index (χ4v) is 3.94. The molecule has 9 heteroatoms. The summed E-state index contributed by atoms with van der Waals surface area (Å²) < 4.78 is 23.8. The zero-order valence-electron chi connectivity index (χ0n) is 18.4. The second-order valence-corrected chi connectivity index (χ2v) is 8.00. The van der Waals surface area contributed by atoms with Crippen LogP contribution in [0.2, 0.25) is 0 Å². The summed E-state index contributed by atoms with van der Waals surface area (Å²) in [6.45, 7) is 0. The molecule has 0 bridgehead atoms. The summed E-state index contributed by atoms with van der Waals surface area (Å²) in [5.41, 5.74) is 5.44. The number of benzene rings is 3. The van der Waals surface area contributed by atoms with Gasteiger partial charge in [-0.2, -0.15) is 5.10 Å². The van der Waals surface area contributed by atoms with Gasteiger partial charge in [0, 0.05) is 22.8 Å². The van der Waals surface area contributed by atoms with Gasteiger partial charge in [0.2, 0.25) is 5.13 Å². The average molecular weight is 477 g/mol. The minimum atomic E-state index is -0.405. The van der Waals surface area contributed by atoms with Crippen molar-refractivity contribution in [3.63, 3.8) is 0 Å². The van der Waals surface area contributed by atoms with E-state index in [1.54, 1.807) is 26.5 Å². The number of anilines is 2. The number of hydrogen-bond acceptors (Lipinski definition) is 7. The number of thiazole rings is 1. The van der Waals surface area contributed by atoms with Crippen molar-refractivity contribution in [3.8, 4) is 22.8 Å². The fraction of sp³-hybridized carbons (Fsp3) is 0.0800. The summed E-state index contributed by atoms with van der Waals surface area (Å²) in [7, 11) is 3.16. The zero-order chi connectivity index (χ0) is 23.9. The molecule has 34 heavy (non-hydrogen) atoms. The normalized spacial score (nSPS) is 10.8. The lowest BCUT2D eigenvalue weighted by Crippen LogP contribution is -2.11. The molecule has 0 aliphatic carbocycles. The van der Waals surface area contributed by atoms with E-state index in [4.69, 9.17) is 9.47 Å². The SMILES string of the molecule is COc1ccc(C=NNc2nc(-c3ccccc3)c(NC(=O)c3ccc(F)cc3)s2)c(OC)c1. The molecule has 0 unspecified atom stereocenters. The molecule has 7 nitrogen and oxygen atoms in total. The van der Waals surface area contributed by atoms with Crippen LogP contribution in [0.25, 0.3) is 11.3 Å². The predicted octanol–water partition coefficient (Wildman–Crippen LogP) is 5.66. The van der Waals surface area contributed by atoms with Crippen molar-refractivity contribution in [2.75, 3.05) is 25.0 Å². The highest BCUT2D eigenvalue weighted by Crippen LogP contribution is 2.36. The van der Waals surface area contributed by atoms with Gasteiger partial charge >= 0.3 is 0 Å². The molecule has 0 saturated heterocycles. The molecule has 0 atom stereocenters. The Balaban J connectivity index is 1.58. The Morgan fingerprint density at radius 2 is 1.79 bits per heavy atom. The number of methoxy groups -OCH3 is 2. The van der Waals surface area contributed by atoms with Crippen LogP contribution in [-0.4, -0.2) is 31.3 Å². The molecule has 2 N–H and O–H groups in total. The summed E-state index contributed by atoms with van der Waals surface area (Å²) in [4.78, 5) is 17.3. The number of hydrazone groups is 1. The maximum absolute atomic E-state index is 13.2. The molecule has 0 radical (unpaired) electrons. The Morgan fingerprint density at radius 1 is 1.03 bits per heavy atom. The van der Waals surface area contributed by atoms with E-state index in [-0.39, 0.29) is 5.91 Å². The molecule has 1 heterocycles. The second kappa shape index (κ2) is 10.6. The smallest absolute Gasteiger partial charge is 0.256 e. The molecule has 4 aromatic rings. The van der Waals surface area contributed by atoms with Crippen LogP contribution in [0.4, 0.5) is 14.5 Å². The van der Waals surface area contributed by atoms with Crippen LogP contribution in [0, 0.1) is 5.82 Å². The topological polar surface area (TPSA) is 84.8 Å². The molecule has 0 saturated carbocycles. The van der Waals surface area contributed by atoms with E-state index in [1.807, 2.05) is 42.5 Å². The lowest BCUT2D eigenvalue weighted by atomic mass is 10.1. The van der Waals surface area contributed by atoms with E-state index in [0.717, 1.165) is 11.1 Å². The Morgan fingerprint density at radius 3 is 2.50 bits per heavy atom. The summed E-state index contributed by atoms with van der Waals surface area (Å²) in [5, 5.41) is 8.17. The number of aromatic nitrogens is 1. The van der Waals surface area contributed by atoms with Gasteiger partial charge in [-0.3, -0.25) is 10.2 Å². The van der Waals surface area contributed by atoms with Crippen LogP contribution in [0.15, 0.2) is 77.9 Å². The summed E-state index contributed by atoms with van der Waals surface area (Å²) in [6, 6.07) is 20.2. The van der Waals surface area contributed by atoms with Gasteiger partial charge in [0.05, 0.1) is 20.4 Å². The van der Waals surface area contributed by atoms with Gasteiger partial charge in [-0.1, -0.05) is 41.7 Å². The maximum Gasteiger partial charge on any atom is 0.256 e. The third-order valence-electron chi connectivity index (χ3n) is 4.81. The lowest BCUT2D eigenvalue weighted by molar-refractivity contribution is 0.102. The standard InChI is InChI=1S/C25H21FN4O3S/c1-32-20-13-10-18(21(14-20)33-2)15-27-30-25-28-22(16-6-4-3-5-7-16)24(34-25)29-23(31)17-8-11-19(26)12-9-17/h3-15H,1-2H3,(H,28,30)(H,29,31). The molecule has 1 amide bonds. The van der Waals surface area contributed by atoms with Crippen molar-refractivity contribution in [1.29, 1.82) is 0 Å². The molecule has 172 valence electrons. The first-order chi connectivity index (χ1) is 16.6. The molecule has 0 aliphatic heterocycles. The van der Waals surface area contributed by atoms with E-state index in [0.29, 0.717) is 32.9 Å². The van der Waals surface area contributed by atoms with E-state index < -0.39 is 5.82 Å². The number of carbonyl (C=O) groups is 1. The molecular formula is C25H21FN4O3S. The van der Waals surface area contributed by atoms with Gasteiger partial charge in [0.1, 0.15) is 28.0 Å². The molecular weight excluding hydrogens is 455 g/mol.